The van der Waals surface area contributed by atoms with E-state index in [9.17, 15) is 5.11 Å². The zero-order chi connectivity index (χ0) is 11.4. The average Bonchev–Trinajstić information content (AvgIpc) is 2.31. The third-order valence-electron chi connectivity index (χ3n) is 3.21. The van der Waals surface area contributed by atoms with Crippen LogP contribution < -0.4 is 4.74 Å². The van der Waals surface area contributed by atoms with Gasteiger partial charge in [-0.05, 0) is 38.7 Å². The second kappa shape index (κ2) is 5.35. The maximum atomic E-state index is 9.65. The van der Waals surface area contributed by atoms with Crippen molar-refractivity contribution in [2.45, 2.75) is 51.2 Å². The molecular weight excluding hydrogens is 200 g/mol. The lowest BCUT2D eigenvalue weighted by Gasteiger charge is -2.24. The van der Waals surface area contributed by atoms with Crippen LogP contribution in [0.2, 0.25) is 0 Å². The van der Waals surface area contributed by atoms with E-state index in [4.69, 9.17) is 4.74 Å². The Morgan fingerprint density at radius 1 is 1.19 bits per heavy atom. The van der Waals surface area contributed by atoms with Crippen molar-refractivity contribution < 1.29 is 9.84 Å². The average molecular weight is 220 g/mol. The first kappa shape index (κ1) is 11.5. The van der Waals surface area contributed by atoms with E-state index >= 15 is 0 Å². The Morgan fingerprint density at radius 2 is 1.88 bits per heavy atom. The normalized spacial score (nSPS) is 19.4. The summed E-state index contributed by atoms with van der Waals surface area (Å²) < 4.78 is 5.99. The highest BCUT2D eigenvalue weighted by Crippen LogP contribution is 2.29. The predicted octanol–water partition coefficient (Wildman–Crippen LogP) is 3.45. The molecule has 1 N–H and O–H groups in total. The van der Waals surface area contributed by atoms with Crippen LogP contribution in [-0.4, -0.2) is 11.2 Å². The summed E-state index contributed by atoms with van der Waals surface area (Å²) in [5.74, 6) is 0.851. The van der Waals surface area contributed by atoms with Gasteiger partial charge in [0, 0.05) is 5.56 Å². The predicted molar refractivity (Wildman–Crippen MR) is 64.6 cm³/mol. The van der Waals surface area contributed by atoms with Crippen molar-refractivity contribution >= 4 is 0 Å². The summed E-state index contributed by atoms with van der Waals surface area (Å²) in [6.45, 7) is 1.78. The van der Waals surface area contributed by atoms with Gasteiger partial charge in [0.25, 0.3) is 0 Å². The minimum absolute atomic E-state index is 0.341. The first-order chi connectivity index (χ1) is 7.77. The summed E-state index contributed by atoms with van der Waals surface area (Å²) in [4.78, 5) is 0. The Labute approximate surface area is 97.3 Å². The van der Waals surface area contributed by atoms with Gasteiger partial charge in [0.1, 0.15) is 5.75 Å². The Morgan fingerprint density at radius 3 is 2.56 bits per heavy atom. The zero-order valence-electron chi connectivity index (χ0n) is 9.86. The molecule has 0 aliphatic heterocycles. The van der Waals surface area contributed by atoms with Crippen LogP contribution in [0.1, 0.15) is 50.7 Å². The lowest BCUT2D eigenvalue weighted by molar-refractivity contribution is 0.142. The molecule has 0 saturated heterocycles. The molecule has 1 atom stereocenters. The SMILES string of the molecule is CC(O)c1ccccc1OC1CCCCC1. The molecule has 0 aromatic heterocycles. The Hall–Kier alpha value is -1.02. The molecule has 88 valence electrons. The highest BCUT2D eigenvalue weighted by atomic mass is 16.5. The van der Waals surface area contributed by atoms with Crippen molar-refractivity contribution in [2.24, 2.45) is 0 Å². The molecule has 1 unspecified atom stereocenters. The summed E-state index contributed by atoms with van der Waals surface area (Å²) in [6, 6.07) is 7.79. The summed E-state index contributed by atoms with van der Waals surface area (Å²) in [5.41, 5.74) is 0.896. The molecule has 0 bridgehead atoms. The smallest absolute Gasteiger partial charge is 0.125 e. The van der Waals surface area contributed by atoms with Crippen LogP contribution in [0.4, 0.5) is 0 Å². The van der Waals surface area contributed by atoms with Crippen LogP contribution in [0.25, 0.3) is 0 Å². The number of para-hydroxylation sites is 1. The molecule has 0 heterocycles. The fourth-order valence-corrected chi connectivity index (χ4v) is 2.30. The Balaban J connectivity index is 2.07. The fraction of sp³-hybridized carbons (Fsp3) is 0.571. The number of rotatable bonds is 3. The molecule has 0 amide bonds. The highest BCUT2D eigenvalue weighted by Gasteiger charge is 2.17. The minimum Gasteiger partial charge on any atom is -0.490 e. The van der Waals surface area contributed by atoms with Gasteiger partial charge in [-0.3, -0.25) is 0 Å². The number of hydrogen-bond donors (Lipinski definition) is 1. The van der Waals surface area contributed by atoms with Crippen molar-refractivity contribution in [3.63, 3.8) is 0 Å². The number of aliphatic hydroxyl groups is 1. The van der Waals surface area contributed by atoms with Crippen LogP contribution in [0.5, 0.6) is 5.75 Å². The van der Waals surface area contributed by atoms with Crippen molar-refractivity contribution in [1.82, 2.24) is 0 Å². The van der Waals surface area contributed by atoms with Gasteiger partial charge in [0.05, 0.1) is 12.2 Å². The van der Waals surface area contributed by atoms with Crippen LogP contribution in [0.15, 0.2) is 24.3 Å². The monoisotopic (exact) mass is 220 g/mol. The third kappa shape index (κ3) is 2.76. The maximum Gasteiger partial charge on any atom is 0.125 e. The number of hydrogen-bond acceptors (Lipinski definition) is 2. The second-order valence-corrected chi connectivity index (χ2v) is 4.59. The van der Waals surface area contributed by atoms with Gasteiger partial charge in [-0.15, -0.1) is 0 Å². The van der Waals surface area contributed by atoms with Crippen LogP contribution in [0, 0.1) is 0 Å². The van der Waals surface area contributed by atoms with E-state index < -0.39 is 6.10 Å². The minimum atomic E-state index is -0.459. The molecule has 0 spiro atoms. The highest BCUT2D eigenvalue weighted by molar-refractivity contribution is 5.34. The van der Waals surface area contributed by atoms with Crippen molar-refractivity contribution in [3.8, 4) is 5.75 Å². The van der Waals surface area contributed by atoms with Gasteiger partial charge in [-0.1, -0.05) is 24.6 Å². The van der Waals surface area contributed by atoms with Gasteiger partial charge >= 0.3 is 0 Å². The van der Waals surface area contributed by atoms with Gasteiger partial charge in [0.15, 0.2) is 0 Å². The molecule has 1 aromatic rings. The number of ether oxygens (including phenoxy) is 1. The van der Waals surface area contributed by atoms with E-state index in [2.05, 4.69) is 0 Å². The van der Waals surface area contributed by atoms with Crippen molar-refractivity contribution in [3.05, 3.63) is 29.8 Å². The lowest BCUT2D eigenvalue weighted by atomic mass is 9.97. The summed E-state index contributed by atoms with van der Waals surface area (Å²) in [5, 5.41) is 9.65. The van der Waals surface area contributed by atoms with Gasteiger partial charge in [-0.2, -0.15) is 0 Å². The van der Waals surface area contributed by atoms with Crippen molar-refractivity contribution in [1.29, 1.82) is 0 Å². The first-order valence-electron chi connectivity index (χ1n) is 6.21. The maximum absolute atomic E-state index is 9.65. The molecule has 1 saturated carbocycles. The number of aliphatic hydroxyl groups excluding tert-OH is 1. The van der Waals surface area contributed by atoms with Crippen LogP contribution in [-0.2, 0) is 0 Å². The molecule has 1 fully saturated rings. The molecule has 1 aliphatic carbocycles. The summed E-state index contributed by atoms with van der Waals surface area (Å²) in [7, 11) is 0. The largest absolute Gasteiger partial charge is 0.490 e. The van der Waals surface area contributed by atoms with Gasteiger partial charge in [0.2, 0.25) is 0 Å². The van der Waals surface area contributed by atoms with Crippen LogP contribution >= 0.6 is 0 Å². The standard InChI is InChI=1S/C14H20O2/c1-11(15)13-9-5-6-10-14(13)16-12-7-3-2-4-8-12/h5-6,9-12,15H,2-4,7-8H2,1H3. The molecule has 0 radical (unpaired) electrons. The van der Waals surface area contributed by atoms with E-state index in [1.54, 1.807) is 6.92 Å². The molecule has 1 aromatic carbocycles. The molecule has 2 heteroatoms. The number of benzene rings is 1. The zero-order valence-corrected chi connectivity index (χ0v) is 9.86. The molecule has 2 rings (SSSR count). The first-order valence-corrected chi connectivity index (χ1v) is 6.21. The van der Waals surface area contributed by atoms with E-state index in [1.807, 2.05) is 24.3 Å². The van der Waals surface area contributed by atoms with E-state index in [0.717, 1.165) is 24.2 Å². The van der Waals surface area contributed by atoms with Gasteiger partial charge in [-0.25, -0.2) is 0 Å². The Kier molecular flexibility index (Phi) is 3.83. The quantitative estimate of drug-likeness (QED) is 0.845. The summed E-state index contributed by atoms with van der Waals surface area (Å²) in [6.07, 6.45) is 6.04. The molecule has 2 nitrogen and oxygen atoms in total. The lowest BCUT2D eigenvalue weighted by Crippen LogP contribution is -2.20. The van der Waals surface area contributed by atoms with Crippen molar-refractivity contribution in [2.75, 3.05) is 0 Å². The Bertz CT molecular complexity index is 327. The van der Waals surface area contributed by atoms with E-state index in [1.165, 1.54) is 19.3 Å². The van der Waals surface area contributed by atoms with Gasteiger partial charge < -0.3 is 9.84 Å². The second-order valence-electron chi connectivity index (χ2n) is 4.59. The van der Waals surface area contributed by atoms with Crippen LogP contribution in [0.3, 0.4) is 0 Å². The molecule has 16 heavy (non-hydrogen) atoms. The summed E-state index contributed by atoms with van der Waals surface area (Å²) >= 11 is 0. The van der Waals surface area contributed by atoms with E-state index in [-0.39, 0.29) is 0 Å². The fourth-order valence-electron chi connectivity index (χ4n) is 2.30. The third-order valence-corrected chi connectivity index (χ3v) is 3.21. The van der Waals surface area contributed by atoms with E-state index in [0.29, 0.717) is 6.10 Å². The molecule has 1 aliphatic rings. The molecular formula is C14H20O2. The topological polar surface area (TPSA) is 29.5 Å².